The van der Waals surface area contributed by atoms with Gasteiger partial charge in [-0.25, -0.2) is 0 Å². The van der Waals surface area contributed by atoms with Gasteiger partial charge < -0.3 is 16.0 Å². The summed E-state index contributed by atoms with van der Waals surface area (Å²) in [5.41, 5.74) is 9.71. The van der Waals surface area contributed by atoms with Crippen molar-refractivity contribution in [1.29, 1.82) is 0 Å². The molecule has 24 heavy (non-hydrogen) atoms. The number of rotatable bonds is 4. The van der Waals surface area contributed by atoms with Gasteiger partial charge in [0, 0.05) is 36.4 Å². The van der Waals surface area contributed by atoms with E-state index in [-0.39, 0.29) is 11.8 Å². The van der Waals surface area contributed by atoms with Crippen LogP contribution in [0.3, 0.4) is 0 Å². The number of carbonyl (C=O) groups excluding carboxylic acids is 2. The number of nitrogens with zero attached hydrogens (tertiary/aromatic N) is 1. The fourth-order valence-electron chi connectivity index (χ4n) is 2.88. The summed E-state index contributed by atoms with van der Waals surface area (Å²) in [6.07, 6.45) is 1.54. The first-order valence-electron chi connectivity index (χ1n) is 8.08. The molecule has 124 valence electrons. The van der Waals surface area contributed by atoms with Gasteiger partial charge in [-0.1, -0.05) is 18.2 Å². The van der Waals surface area contributed by atoms with Crippen molar-refractivity contribution in [3.63, 3.8) is 0 Å². The van der Waals surface area contributed by atoms with Gasteiger partial charge in [0.15, 0.2) is 0 Å². The van der Waals surface area contributed by atoms with Gasteiger partial charge in [0.1, 0.15) is 0 Å². The number of nitrogen functional groups attached to an aromatic ring is 1. The minimum Gasteiger partial charge on any atom is -0.399 e. The minimum atomic E-state index is -0.140. The molecule has 0 spiro atoms. The molecule has 0 aliphatic carbocycles. The highest BCUT2D eigenvalue weighted by molar-refractivity contribution is 5.96. The maximum atomic E-state index is 12.3. The average molecular weight is 323 g/mol. The lowest BCUT2D eigenvalue weighted by Crippen LogP contribution is -2.24. The van der Waals surface area contributed by atoms with Crippen LogP contribution in [0.2, 0.25) is 0 Å². The van der Waals surface area contributed by atoms with Crippen molar-refractivity contribution in [1.82, 2.24) is 5.32 Å². The molecule has 1 fully saturated rings. The van der Waals surface area contributed by atoms with Gasteiger partial charge in [-0.2, -0.15) is 0 Å². The fraction of sp³-hybridized carbons (Fsp3) is 0.263. The molecule has 0 radical (unpaired) electrons. The summed E-state index contributed by atoms with van der Waals surface area (Å²) < 4.78 is 0. The Morgan fingerprint density at radius 2 is 1.96 bits per heavy atom. The van der Waals surface area contributed by atoms with Crippen LogP contribution < -0.4 is 16.0 Å². The smallest absolute Gasteiger partial charge is 0.251 e. The maximum absolute atomic E-state index is 12.3. The number of aryl methyl sites for hydroxylation is 1. The van der Waals surface area contributed by atoms with Crippen molar-refractivity contribution in [2.45, 2.75) is 26.3 Å². The minimum absolute atomic E-state index is 0.140. The number of nitrogens with one attached hydrogen (secondary N) is 1. The molecule has 2 aromatic rings. The van der Waals surface area contributed by atoms with E-state index in [2.05, 4.69) is 5.32 Å². The Bertz CT molecular complexity index is 769. The molecule has 3 rings (SSSR count). The summed E-state index contributed by atoms with van der Waals surface area (Å²) in [6, 6.07) is 13.0. The first kappa shape index (κ1) is 16.1. The molecule has 1 heterocycles. The highest BCUT2D eigenvalue weighted by atomic mass is 16.2. The highest BCUT2D eigenvalue weighted by Crippen LogP contribution is 2.21. The molecule has 1 saturated heterocycles. The highest BCUT2D eigenvalue weighted by Gasteiger charge is 2.21. The van der Waals surface area contributed by atoms with Crippen LogP contribution in [0.4, 0.5) is 11.4 Å². The molecule has 1 aliphatic heterocycles. The van der Waals surface area contributed by atoms with Crippen LogP contribution in [0.25, 0.3) is 0 Å². The van der Waals surface area contributed by atoms with Crippen molar-refractivity contribution >= 4 is 23.2 Å². The topological polar surface area (TPSA) is 75.4 Å². The van der Waals surface area contributed by atoms with Gasteiger partial charge in [-0.3, -0.25) is 9.59 Å². The molecule has 0 bridgehead atoms. The van der Waals surface area contributed by atoms with E-state index in [1.54, 1.807) is 17.0 Å². The van der Waals surface area contributed by atoms with E-state index in [0.717, 1.165) is 29.8 Å². The quantitative estimate of drug-likeness (QED) is 0.849. The van der Waals surface area contributed by atoms with Crippen LogP contribution in [0.1, 0.15) is 34.3 Å². The van der Waals surface area contributed by atoms with E-state index in [4.69, 9.17) is 5.73 Å². The summed E-state index contributed by atoms with van der Waals surface area (Å²) in [4.78, 5) is 25.8. The van der Waals surface area contributed by atoms with Crippen LogP contribution in [0.5, 0.6) is 0 Å². The van der Waals surface area contributed by atoms with Crippen molar-refractivity contribution < 1.29 is 9.59 Å². The molecule has 2 aromatic carbocycles. The van der Waals surface area contributed by atoms with Crippen LogP contribution in [-0.4, -0.2) is 18.4 Å². The van der Waals surface area contributed by atoms with Gasteiger partial charge in [0.25, 0.3) is 5.91 Å². The SMILES string of the molecule is Cc1ccc(N)cc1C(=O)NCc1ccc(N2CCCC2=O)cc1. The zero-order valence-corrected chi connectivity index (χ0v) is 13.7. The van der Waals surface area contributed by atoms with Gasteiger partial charge >= 0.3 is 0 Å². The van der Waals surface area contributed by atoms with Crippen molar-refractivity contribution in [3.8, 4) is 0 Å². The molecule has 0 atom stereocenters. The van der Waals surface area contributed by atoms with E-state index in [1.807, 2.05) is 37.3 Å². The van der Waals surface area contributed by atoms with Gasteiger partial charge in [0.05, 0.1) is 0 Å². The zero-order chi connectivity index (χ0) is 17.1. The summed E-state index contributed by atoms with van der Waals surface area (Å²) in [7, 11) is 0. The predicted molar refractivity (Wildman–Crippen MR) is 94.8 cm³/mol. The largest absolute Gasteiger partial charge is 0.399 e. The Morgan fingerprint density at radius 3 is 2.62 bits per heavy atom. The Hall–Kier alpha value is -2.82. The second-order valence-corrected chi connectivity index (χ2v) is 6.07. The standard InChI is InChI=1S/C19H21N3O2/c1-13-4-7-15(20)11-17(13)19(24)21-12-14-5-8-16(9-6-14)22-10-2-3-18(22)23/h4-9,11H,2-3,10,12,20H2,1H3,(H,21,24). The Kier molecular flexibility index (Phi) is 4.51. The molecule has 5 heteroatoms. The second kappa shape index (κ2) is 6.74. The lowest BCUT2D eigenvalue weighted by Gasteiger charge is -2.16. The summed E-state index contributed by atoms with van der Waals surface area (Å²) in [5.74, 6) is 0.0341. The zero-order valence-electron chi connectivity index (χ0n) is 13.7. The average Bonchev–Trinajstić information content (AvgIpc) is 3.01. The van der Waals surface area contributed by atoms with Gasteiger partial charge in [-0.05, 0) is 48.7 Å². The van der Waals surface area contributed by atoms with Crippen LogP contribution in [0, 0.1) is 6.92 Å². The van der Waals surface area contributed by atoms with Crippen LogP contribution >= 0.6 is 0 Å². The molecule has 3 N–H and O–H groups in total. The number of benzene rings is 2. The first-order chi connectivity index (χ1) is 11.5. The maximum Gasteiger partial charge on any atom is 0.251 e. The lowest BCUT2D eigenvalue weighted by atomic mass is 10.1. The molecule has 5 nitrogen and oxygen atoms in total. The van der Waals surface area contributed by atoms with Crippen molar-refractivity contribution in [2.75, 3.05) is 17.2 Å². The Labute approximate surface area is 141 Å². The third kappa shape index (κ3) is 3.40. The monoisotopic (exact) mass is 323 g/mol. The Balaban J connectivity index is 1.63. The summed E-state index contributed by atoms with van der Waals surface area (Å²) in [5, 5.41) is 2.91. The number of anilines is 2. The van der Waals surface area contributed by atoms with E-state index >= 15 is 0 Å². The van der Waals surface area contributed by atoms with E-state index in [9.17, 15) is 9.59 Å². The third-order valence-electron chi connectivity index (χ3n) is 4.28. The first-order valence-corrected chi connectivity index (χ1v) is 8.08. The molecular formula is C19H21N3O2. The normalized spacial score (nSPS) is 14.0. The lowest BCUT2D eigenvalue weighted by molar-refractivity contribution is -0.117. The van der Waals surface area contributed by atoms with Crippen molar-refractivity contribution in [3.05, 3.63) is 59.2 Å². The summed E-state index contributed by atoms with van der Waals surface area (Å²) in [6.45, 7) is 3.10. The van der Waals surface area contributed by atoms with Gasteiger partial charge in [-0.15, -0.1) is 0 Å². The van der Waals surface area contributed by atoms with E-state index in [0.29, 0.717) is 24.2 Å². The Morgan fingerprint density at radius 1 is 1.21 bits per heavy atom. The summed E-state index contributed by atoms with van der Waals surface area (Å²) >= 11 is 0. The molecule has 0 aromatic heterocycles. The van der Waals surface area contributed by atoms with E-state index < -0.39 is 0 Å². The van der Waals surface area contributed by atoms with Crippen LogP contribution in [0.15, 0.2) is 42.5 Å². The molecule has 0 saturated carbocycles. The number of nitrogens with two attached hydrogens (primary N) is 1. The fourth-order valence-corrected chi connectivity index (χ4v) is 2.88. The third-order valence-corrected chi connectivity index (χ3v) is 4.28. The number of amides is 2. The molecule has 1 aliphatic rings. The number of hydrogen-bond acceptors (Lipinski definition) is 3. The number of hydrogen-bond donors (Lipinski definition) is 2. The number of carbonyl (C=O) groups is 2. The predicted octanol–water partition coefficient (Wildman–Crippen LogP) is 2.63. The van der Waals surface area contributed by atoms with E-state index in [1.165, 1.54) is 0 Å². The molecular weight excluding hydrogens is 302 g/mol. The second-order valence-electron chi connectivity index (χ2n) is 6.07. The molecule has 2 amide bonds. The molecule has 0 unspecified atom stereocenters. The van der Waals surface area contributed by atoms with Gasteiger partial charge in [0.2, 0.25) is 5.91 Å². The van der Waals surface area contributed by atoms with Crippen LogP contribution in [-0.2, 0) is 11.3 Å². The van der Waals surface area contributed by atoms with Crippen molar-refractivity contribution in [2.24, 2.45) is 0 Å².